The van der Waals surface area contributed by atoms with E-state index in [9.17, 15) is 9.59 Å². The van der Waals surface area contributed by atoms with E-state index in [2.05, 4.69) is 13.8 Å². The van der Waals surface area contributed by atoms with Crippen molar-refractivity contribution in [2.45, 2.75) is 48.0 Å². The van der Waals surface area contributed by atoms with Gasteiger partial charge in [-0.15, -0.1) is 0 Å². The third-order valence-electron chi connectivity index (χ3n) is 6.20. The second-order valence-electron chi connectivity index (χ2n) is 6.95. The molecule has 0 spiro atoms. The molecule has 2 aliphatic rings. The topological polar surface area (TPSA) is 40.6 Å². The standard InChI is InChI=1S/C19H32N2O2/c1-7-20(8-2)18(22)16-14-11-15(13(6)12(14)5)17(16)19(23)21(9-3)10-4/h12-15H,7-11H2,1-6H3. The fourth-order valence-corrected chi connectivity index (χ4v) is 4.51. The molecule has 2 amide bonds. The molecular weight excluding hydrogens is 288 g/mol. The molecule has 0 aromatic carbocycles. The maximum Gasteiger partial charge on any atom is 0.250 e. The Kier molecular flexibility index (Phi) is 5.53. The Hall–Kier alpha value is -1.32. The number of likely N-dealkylation sites (N-methyl/N-ethyl adjacent to an activating group) is 2. The minimum Gasteiger partial charge on any atom is -0.339 e. The summed E-state index contributed by atoms with van der Waals surface area (Å²) in [6, 6.07) is 0. The highest BCUT2D eigenvalue weighted by Crippen LogP contribution is 2.55. The van der Waals surface area contributed by atoms with Crippen molar-refractivity contribution >= 4 is 11.8 Å². The van der Waals surface area contributed by atoms with Crippen LogP contribution in [0.1, 0.15) is 48.0 Å². The molecule has 4 unspecified atom stereocenters. The van der Waals surface area contributed by atoms with E-state index in [1.165, 1.54) is 0 Å². The summed E-state index contributed by atoms with van der Waals surface area (Å²) in [6.45, 7) is 15.3. The predicted octanol–water partition coefficient (Wildman–Crippen LogP) is 2.94. The summed E-state index contributed by atoms with van der Waals surface area (Å²) in [7, 11) is 0. The average Bonchev–Trinajstić information content (AvgIpc) is 3.06. The first kappa shape index (κ1) is 18.0. The number of nitrogens with zero attached hydrogens (tertiary/aromatic N) is 2. The molecule has 130 valence electrons. The zero-order chi connectivity index (χ0) is 17.3. The highest BCUT2D eigenvalue weighted by Gasteiger charge is 2.53. The quantitative estimate of drug-likeness (QED) is 0.755. The number of amides is 2. The number of carbonyl (C=O) groups excluding carboxylic acids is 2. The van der Waals surface area contributed by atoms with Crippen molar-refractivity contribution in [2.24, 2.45) is 23.7 Å². The van der Waals surface area contributed by atoms with Gasteiger partial charge in [0, 0.05) is 37.3 Å². The number of carbonyl (C=O) groups is 2. The van der Waals surface area contributed by atoms with Gasteiger partial charge in [-0.25, -0.2) is 0 Å². The Labute approximate surface area is 140 Å². The first-order valence-electron chi connectivity index (χ1n) is 9.25. The van der Waals surface area contributed by atoms with Crippen molar-refractivity contribution < 1.29 is 9.59 Å². The molecule has 2 aliphatic carbocycles. The molecule has 2 bridgehead atoms. The van der Waals surface area contributed by atoms with Crippen LogP contribution in [-0.2, 0) is 9.59 Å². The third kappa shape index (κ3) is 2.81. The van der Waals surface area contributed by atoms with Gasteiger partial charge in [0.2, 0.25) is 0 Å². The summed E-state index contributed by atoms with van der Waals surface area (Å²) in [4.78, 5) is 29.9. The van der Waals surface area contributed by atoms with Crippen LogP contribution < -0.4 is 0 Å². The molecule has 0 heterocycles. The van der Waals surface area contributed by atoms with E-state index in [1.807, 2.05) is 37.5 Å². The number of fused-ring (bicyclic) bond motifs is 2. The van der Waals surface area contributed by atoms with E-state index >= 15 is 0 Å². The van der Waals surface area contributed by atoms with Gasteiger partial charge in [-0.2, -0.15) is 0 Å². The van der Waals surface area contributed by atoms with Crippen molar-refractivity contribution in [3.63, 3.8) is 0 Å². The lowest BCUT2D eigenvalue weighted by molar-refractivity contribution is -0.130. The van der Waals surface area contributed by atoms with Crippen LogP contribution in [0.25, 0.3) is 0 Å². The Bertz CT molecular complexity index is 459. The van der Waals surface area contributed by atoms with E-state index in [1.54, 1.807) is 0 Å². The highest BCUT2D eigenvalue weighted by atomic mass is 16.2. The molecular formula is C19H32N2O2. The minimum absolute atomic E-state index is 0.0942. The lowest BCUT2D eigenvalue weighted by Crippen LogP contribution is -2.40. The van der Waals surface area contributed by atoms with Crippen molar-refractivity contribution in [1.82, 2.24) is 9.80 Å². The molecule has 0 saturated heterocycles. The monoisotopic (exact) mass is 320 g/mol. The lowest BCUT2D eigenvalue weighted by atomic mass is 9.77. The Balaban J connectivity index is 2.48. The van der Waals surface area contributed by atoms with E-state index in [4.69, 9.17) is 0 Å². The summed E-state index contributed by atoms with van der Waals surface area (Å²) >= 11 is 0. The van der Waals surface area contributed by atoms with Crippen LogP contribution in [0.5, 0.6) is 0 Å². The van der Waals surface area contributed by atoms with E-state index < -0.39 is 0 Å². The van der Waals surface area contributed by atoms with Gasteiger partial charge in [0.1, 0.15) is 0 Å². The fraction of sp³-hybridized carbons (Fsp3) is 0.789. The first-order chi connectivity index (χ1) is 10.9. The van der Waals surface area contributed by atoms with Gasteiger partial charge in [-0.1, -0.05) is 13.8 Å². The van der Waals surface area contributed by atoms with Gasteiger partial charge >= 0.3 is 0 Å². The Morgan fingerprint density at radius 2 is 1.09 bits per heavy atom. The fourth-order valence-electron chi connectivity index (χ4n) is 4.51. The zero-order valence-electron chi connectivity index (χ0n) is 15.6. The van der Waals surface area contributed by atoms with Gasteiger partial charge < -0.3 is 9.80 Å². The summed E-state index contributed by atoms with van der Waals surface area (Å²) in [6.07, 6.45) is 0.979. The summed E-state index contributed by atoms with van der Waals surface area (Å²) in [5.74, 6) is 1.69. The number of rotatable bonds is 6. The van der Waals surface area contributed by atoms with E-state index in [-0.39, 0.29) is 23.7 Å². The summed E-state index contributed by atoms with van der Waals surface area (Å²) in [5, 5.41) is 0. The van der Waals surface area contributed by atoms with Crippen molar-refractivity contribution in [2.75, 3.05) is 26.2 Å². The molecule has 2 rings (SSSR count). The Morgan fingerprint density at radius 1 is 0.783 bits per heavy atom. The first-order valence-corrected chi connectivity index (χ1v) is 9.25. The van der Waals surface area contributed by atoms with Crippen LogP contribution in [0.2, 0.25) is 0 Å². The highest BCUT2D eigenvalue weighted by molar-refractivity contribution is 6.06. The third-order valence-corrected chi connectivity index (χ3v) is 6.20. The van der Waals surface area contributed by atoms with Gasteiger partial charge in [-0.3, -0.25) is 9.59 Å². The molecule has 1 fully saturated rings. The molecule has 1 saturated carbocycles. The van der Waals surface area contributed by atoms with Gasteiger partial charge in [0.05, 0.1) is 0 Å². The van der Waals surface area contributed by atoms with Gasteiger partial charge in [-0.05, 0) is 57.8 Å². The largest absolute Gasteiger partial charge is 0.339 e. The number of hydrogen-bond acceptors (Lipinski definition) is 2. The normalized spacial score (nSPS) is 29.1. The zero-order valence-corrected chi connectivity index (χ0v) is 15.6. The van der Waals surface area contributed by atoms with Gasteiger partial charge in [0.25, 0.3) is 11.8 Å². The molecule has 4 atom stereocenters. The second kappa shape index (κ2) is 7.06. The summed E-state index contributed by atoms with van der Waals surface area (Å²) in [5.41, 5.74) is 1.67. The maximum absolute atomic E-state index is 13.1. The smallest absolute Gasteiger partial charge is 0.250 e. The van der Waals surface area contributed by atoms with Crippen LogP contribution >= 0.6 is 0 Å². The maximum atomic E-state index is 13.1. The molecule has 0 aromatic heterocycles. The average molecular weight is 320 g/mol. The molecule has 4 nitrogen and oxygen atoms in total. The van der Waals surface area contributed by atoms with Crippen LogP contribution in [0.15, 0.2) is 11.1 Å². The second-order valence-corrected chi connectivity index (χ2v) is 6.95. The molecule has 0 aliphatic heterocycles. The molecule has 0 radical (unpaired) electrons. The molecule has 0 aromatic rings. The molecule has 23 heavy (non-hydrogen) atoms. The van der Waals surface area contributed by atoms with Crippen LogP contribution in [0, 0.1) is 23.7 Å². The predicted molar refractivity (Wildman–Crippen MR) is 92.8 cm³/mol. The van der Waals surface area contributed by atoms with Crippen molar-refractivity contribution in [1.29, 1.82) is 0 Å². The van der Waals surface area contributed by atoms with Crippen molar-refractivity contribution in [3.05, 3.63) is 11.1 Å². The minimum atomic E-state index is 0.0942. The Morgan fingerprint density at radius 3 is 1.35 bits per heavy atom. The van der Waals surface area contributed by atoms with E-state index in [0.717, 1.165) is 17.6 Å². The van der Waals surface area contributed by atoms with Crippen LogP contribution in [-0.4, -0.2) is 47.8 Å². The molecule has 4 heteroatoms. The van der Waals surface area contributed by atoms with Crippen LogP contribution in [0.4, 0.5) is 0 Å². The summed E-state index contributed by atoms with van der Waals surface area (Å²) < 4.78 is 0. The van der Waals surface area contributed by atoms with Crippen molar-refractivity contribution in [3.8, 4) is 0 Å². The van der Waals surface area contributed by atoms with E-state index in [0.29, 0.717) is 38.0 Å². The molecule has 0 N–H and O–H groups in total. The lowest BCUT2D eigenvalue weighted by Gasteiger charge is -2.33. The van der Waals surface area contributed by atoms with Gasteiger partial charge in [0.15, 0.2) is 0 Å². The van der Waals surface area contributed by atoms with Crippen LogP contribution in [0.3, 0.4) is 0 Å². The number of hydrogen-bond donors (Lipinski definition) is 0. The SMILES string of the molecule is CCN(CC)C(=O)C1=C(C(=O)N(CC)CC)C2CC1C(C)C2C.